The van der Waals surface area contributed by atoms with Gasteiger partial charge in [0.1, 0.15) is 0 Å². The van der Waals surface area contributed by atoms with E-state index < -0.39 is 5.97 Å². The highest BCUT2D eigenvalue weighted by Crippen LogP contribution is 2.32. The Morgan fingerprint density at radius 3 is 2.59 bits per heavy atom. The van der Waals surface area contributed by atoms with Crippen LogP contribution in [-0.4, -0.2) is 32.3 Å². The predicted octanol–water partition coefficient (Wildman–Crippen LogP) is 2.55. The zero-order valence-corrected chi connectivity index (χ0v) is 17.3. The molecule has 0 unspecified atom stereocenters. The van der Waals surface area contributed by atoms with Crippen molar-refractivity contribution in [3.8, 4) is 11.5 Å². The van der Waals surface area contributed by atoms with Crippen molar-refractivity contribution in [3.05, 3.63) is 44.6 Å². The molecule has 1 N–H and O–H groups in total. The molecule has 0 atom stereocenters. The van der Waals surface area contributed by atoms with E-state index in [2.05, 4.69) is 10.5 Å². The number of aromatic carboxylic acids is 1. The lowest BCUT2D eigenvalue weighted by atomic mass is 10.00. The Bertz CT molecular complexity index is 910. The van der Waals surface area contributed by atoms with Crippen LogP contribution in [0.1, 0.15) is 61.7 Å². The molecule has 1 amide bonds. The molecular formula is C21H23N2O5S-. The van der Waals surface area contributed by atoms with E-state index >= 15 is 0 Å². The van der Waals surface area contributed by atoms with Gasteiger partial charge in [0.05, 0.1) is 36.8 Å². The van der Waals surface area contributed by atoms with Crippen molar-refractivity contribution >= 4 is 29.4 Å². The van der Waals surface area contributed by atoms with Crippen LogP contribution in [0.25, 0.3) is 0 Å². The van der Waals surface area contributed by atoms with Crippen molar-refractivity contribution < 1.29 is 24.2 Å². The van der Waals surface area contributed by atoms with Gasteiger partial charge in [-0.25, -0.2) is 5.43 Å². The Hall–Kier alpha value is -2.87. The fraction of sp³-hybridized carbons (Fsp3) is 0.381. The summed E-state index contributed by atoms with van der Waals surface area (Å²) in [5.74, 6) is -1.43. The average molecular weight is 415 g/mol. The number of methoxy groups -OCH3 is 2. The molecule has 8 heteroatoms. The first kappa shape index (κ1) is 20.9. The molecule has 3 rings (SSSR count). The van der Waals surface area contributed by atoms with E-state index in [9.17, 15) is 14.7 Å². The van der Waals surface area contributed by atoms with Crippen LogP contribution in [0.5, 0.6) is 11.5 Å². The largest absolute Gasteiger partial charge is 0.545 e. The summed E-state index contributed by atoms with van der Waals surface area (Å²) in [6.45, 7) is 0. The van der Waals surface area contributed by atoms with E-state index in [0.29, 0.717) is 4.88 Å². The molecular weight excluding hydrogens is 392 g/mol. The number of rotatable bonds is 6. The molecule has 154 valence electrons. The van der Waals surface area contributed by atoms with Crippen LogP contribution in [0, 0.1) is 0 Å². The molecule has 0 saturated heterocycles. The third-order valence-electron chi connectivity index (χ3n) is 4.87. The summed E-state index contributed by atoms with van der Waals surface area (Å²) < 4.78 is 10.3. The van der Waals surface area contributed by atoms with Crippen molar-refractivity contribution in [1.29, 1.82) is 0 Å². The maximum absolute atomic E-state index is 12.5. The van der Waals surface area contributed by atoms with E-state index in [1.54, 1.807) is 6.07 Å². The van der Waals surface area contributed by atoms with Gasteiger partial charge in [0, 0.05) is 10.4 Å². The lowest BCUT2D eigenvalue weighted by molar-refractivity contribution is -0.255. The summed E-state index contributed by atoms with van der Waals surface area (Å²) in [5.41, 5.74) is 3.77. The van der Waals surface area contributed by atoms with Crippen molar-refractivity contribution in [2.75, 3.05) is 14.2 Å². The molecule has 1 aliphatic carbocycles. The maximum atomic E-state index is 12.5. The van der Waals surface area contributed by atoms with Crippen LogP contribution in [0.3, 0.4) is 0 Å². The van der Waals surface area contributed by atoms with Gasteiger partial charge in [-0.2, -0.15) is 5.10 Å². The number of carbonyl (C=O) groups excluding carboxylic acids is 2. The zero-order valence-electron chi connectivity index (χ0n) is 16.4. The van der Waals surface area contributed by atoms with Gasteiger partial charge >= 0.3 is 0 Å². The number of fused-ring (bicyclic) bond motifs is 1. The molecule has 2 aromatic rings. The van der Waals surface area contributed by atoms with Gasteiger partial charge in [0.15, 0.2) is 11.5 Å². The molecule has 0 spiro atoms. The highest BCUT2D eigenvalue weighted by Gasteiger charge is 2.17. The smallest absolute Gasteiger partial charge is 0.281 e. The first-order chi connectivity index (χ1) is 14.0. The summed E-state index contributed by atoms with van der Waals surface area (Å²) in [6, 6.07) is 5.02. The number of amides is 1. The topological polar surface area (TPSA) is 100 Å². The maximum Gasteiger partial charge on any atom is 0.281 e. The van der Waals surface area contributed by atoms with Crippen molar-refractivity contribution in [3.63, 3.8) is 0 Å². The summed E-state index contributed by atoms with van der Waals surface area (Å²) in [7, 11) is 2.76. The summed E-state index contributed by atoms with van der Waals surface area (Å²) in [6.07, 6.45) is 8.03. The van der Waals surface area contributed by atoms with Crippen LogP contribution in [0.4, 0.5) is 0 Å². The predicted molar refractivity (Wildman–Crippen MR) is 109 cm³/mol. The quantitative estimate of drug-likeness (QED) is 0.577. The van der Waals surface area contributed by atoms with Gasteiger partial charge < -0.3 is 19.4 Å². The zero-order chi connectivity index (χ0) is 20.8. The number of thiophene rings is 1. The van der Waals surface area contributed by atoms with Crippen LogP contribution >= 0.6 is 11.3 Å². The molecule has 29 heavy (non-hydrogen) atoms. The van der Waals surface area contributed by atoms with E-state index in [-0.39, 0.29) is 28.5 Å². The number of carbonyl (C=O) groups is 2. The minimum absolute atomic E-state index is 0.0424. The summed E-state index contributed by atoms with van der Waals surface area (Å²) in [4.78, 5) is 25.9. The highest BCUT2D eigenvalue weighted by atomic mass is 32.1. The van der Waals surface area contributed by atoms with Gasteiger partial charge in [0.25, 0.3) is 5.91 Å². The average Bonchev–Trinajstić information content (AvgIpc) is 3.09. The Balaban J connectivity index is 1.77. The summed E-state index contributed by atoms with van der Waals surface area (Å²) >= 11 is 1.50. The Kier molecular flexibility index (Phi) is 6.87. The first-order valence-electron chi connectivity index (χ1n) is 9.46. The van der Waals surface area contributed by atoms with E-state index in [0.717, 1.165) is 25.7 Å². The van der Waals surface area contributed by atoms with Crippen LogP contribution in [-0.2, 0) is 12.8 Å². The lowest BCUT2D eigenvalue weighted by Crippen LogP contribution is -2.25. The van der Waals surface area contributed by atoms with Crippen molar-refractivity contribution in [2.24, 2.45) is 5.10 Å². The van der Waals surface area contributed by atoms with Crippen LogP contribution in [0.15, 0.2) is 23.3 Å². The fourth-order valence-corrected chi connectivity index (χ4v) is 4.58. The van der Waals surface area contributed by atoms with Gasteiger partial charge in [-0.1, -0.05) is 12.8 Å². The van der Waals surface area contributed by atoms with E-state index in [1.807, 2.05) is 6.07 Å². The number of aryl methyl sites for hydroxylation is 2. The number of nitrogens with zero attached hydrogens (tertiary/aromatic N) is 1. The normalized spacial score (nSPS) is 14.0. The molecule has 1 aliphatic rings. The number of nitrogens with one attached hydrogen (secondary N) is 1. The molecule has 7 nitrogen and oxygen atoms in total. The molecule has 0 fully saturated rings. The fourth-order valence-electron chi connectivity index (χ4n) is 3.43. The number of ether oxygens (including phenoxy) is 2. The number of carboxylic acid groups (broad SMARTS) is 1. The Morgan fingerprint density at radius 2 is 1.90 bits per heavy atom. The molecule has 0 radical (unpaired) electrons. The molecule has 0 saturated carbocycles. The van der Waals surface area contributed by atoms with Gasteiger partial charge in [-0.3, -0.25) is 4.79 Å². The first-order valence-corrected chi connectivity index (χ1v) is 10.3. The summed E-state index contributed by atoms with van der Waals surface area (Å²) in [5, 5.41) is 15.5. The molecule has 1 heterocycles. The number of hydrogen-bond acceptors (Lipinski definition) is 7. The van der Waals surface area contributed by atoms with Gasteiger partial charge in [-0.15, -0.1) is 11.3 Å². The standard InChI is InChI=1S/C21H24N2O5S/c1-27-15-10-9-14(18(21(25)26)19(15)28-2)12-22-23-20(24)17-11-13-7-5-3-4-6-8-16(13)29-17/h9-12H,3-8H2,1-2H3,(H,23,24)(H,25,26)/p-1/b22-12-. The number of benzene rings is 1. The van der Waals surface area contributed by atoms with Gasteiger partial charge in [-0.05, 0) is 49.4 Å². The van der Waals surface area contributed by atoms with Crippen molar-refractivity contribution in [1.82, 2.24) is 5.43 Å². The third-order valence-corrected chi connectivity index (χ3v) is 6.11. The highest BCUT2D eigenvalue weighted by molar-refractivity contribution is 7.14. The van der Waals surface area contributed by atoms with E-state index in [1.165, 1.54) is 61.1 Å². The second-order valence-corrected chi connectivity index (χ2v) is 7.86. The SMILES string of the molecule is COc1ccc(/C=N\NC(=O)c2cc3c(s2)CCCCCC3)c(C(=O)[O-])c1OC. The minimum Gasteiger partial charge on any atom is -0.545 e. The second kappa shape index (κ2) is 9.56. The second-order valence-electron chi connectivity index (χ2n) is 6.73. The van der Waals surface area contributed by atoms with Crippen molar-refractivity contribution in [2.45, 2.75) is 38.5 Å². The molecule has 1 aromatic carbocycles. The number of hydrogen-bond donors (Lipinski definition) is 1. The monoisotopic (exact) mass is 415 g/mol. The van der Waals surface area contributed by atoms with Crippen LogP contribution < -0.4 is 20.0 Å². The lowest BCUT2D eigenvalue weighted by Gasteiger charge is -2.15. The minimum atomic E-state index is -1.42. The molecule has 0 bridgehead atoms. The number of hydrazone groups is 1. The van der Waals surface area contributed by atoms with E-state index in [4.69, 9.17) is 9.47 Å². The third kappa shape index (κ3) is 4.76. The van der Waals surface area contributed by atoms with Gasteiger partial charge in [0.2, 0.25) is 0 Å². The molecule has 0 aliphatic heterocycles. The number of carboxylic acids is 1. The molecule has 1 aromatic heterocycles. The van der Waals surface area contributed by atoms with Crippen LogP contribution in [0.2, 0.25) is 0 Å². The Labute approximate surface area is 173 Å². The Morgan fingerprint density at radius 1 is 1.14 bits per heavy atom.